The van der Waals surface area contributed by atoms with E-state index in [0.717, 1.165) is 32.2 Å². The number of carboxylic acids is 1. The van der Waals surface area contributed by atoms with E-state index in [1.54, 1.807) is 0 Å². The molecule has 6 heteroatoms. The zero-order chi connectivity index (χ0) is 14.3. The highest BCUT2D eigenvalue weighted by Crippen LogP contribution is 2.01. The number of thioether (sulfide) groups is 1. The van der Waals surface area contributed by atoms with Gasteiger partial charge in [0.05, 0.1) is 0 Å². The van der Waals surface area contributed by atoms with Crippen LogP contribution < -0.4 is 10.6 Å². The minimum atomic E-state index is -0.757. The molecule has 0 heterocycles. The summed E-state index contributed by atoms with van der Waals surface area (Å²) in [5.41, 5.74) is 0. The molecule has 0 aliphatic carbocycles. The topological polar surface area (TPSA) is 78.4 Å². The molecule has 0 aromatic rings. The van der Waals surface area contributed by atoms with Crippen LogP contribution in [0.25, 0.3) is 0 Å². The molecule has 0 aliphatic heterocycles. The minimum absolute atomic E-state index is 0.122. The Labute approximate surface area is 119 Å². The fourth-order valence-corrected chi connectivity index (χ4v) is 2.09. The normalized spacial score (nSPS) is 10.2. The second-order valence-electron chi connectivity index (χ2n) is 4.44. The molecule has 0 unspecified atom stereocenters. The van der Waals surface area contributed by atoms with Crippen LogP contribution in [0.1, 0.15) is 44.9 Å². The van der Waals surface area contributed by atoms with Gasteiger partial charge in [-0.3, -0.25) is 4.79 Å². The Balaban J connectivity index is 3.19. The van der Waals surface area contributed by atoms with Gasteiger partial charge in [0.1, 0.15) is 0 Å². The maximum Gasteiger partial charge on any atom is 0.314 e. The summed E-state index contributed by atoms with van der Waals surface area (Å²) < 4.78 is 0. The van der Waals surface area contributed by atoms with Crippen molar-refractivity contribution in [3.63, 3.8) is 0 Å². The number of amides is 2. The number of unbranched alkanes of at least 4 members (excludes halogenated alkanes) is 4. The molecule has 19 heavy (non-hydrogen) atoms. The van der Waals surface area contributed by atoms with E-state index >= 15 is 0 Å². The first-order chi connectivity index (χ1) is 9.16. The average molecular weight is 290 g/mol. The van der Waals surface area contributed by atoms with Crippen LogP contribution in [-0.2, 0) is 4.79 Å². The number of hydrogen-bond donors (Lipinski definition) is 3. The number of urea groups is 1. The largest absolute Gasteiger partial charge is 0.481 e. The molecule has 0 saturated carbocycles. The molecule has 0 spiro atoms. The molecule has 0 fully saturated rings. The third kappa shape index (κ3) is 15.0. The Morgan fingerprint density at radius 2 is 1.53 bits per heavy atom. The molecule has 0 aromatic heterocycles. The van der Waals surface area contributed by atoms with Gasteiger partial charge in [0, 0.05) is 19.5 Å². The van der Waals surface area contributed by atoms with Crippen LogP contribution in [0.3, 0.4) is 0 Å². The molecule has 0 rings (SSSR count). The van der Waals surface area contributed by atoms with Crippen LogP contribution in [-0.4, -0.2) is 42.2 Å². The quantitative estimate of drug-likeness (QED) is 0.482. The maximum absolute atomic E-state index is 11.4. The summed E-state index contributed by atoms with van der Waals surface area (Å²) in [5, 5.41) is 14.0. The zero-order valence-electron chi connectivity index (χ0n) is 11.7. The van der Waals surface area contributed by atoms with E-state index in [4.69, 9.17) is 5.11 Å². The first kappa shape index (κ1) is 18.1. The first-order valence-electron chi connectivity index (χ1n) is 6.89. The summed E-state index contributed by atoms with van der Waals surface area (Å²) in [6, 6.07) is -0.122. The summed E-state index contributed by atoms with van der Waals surface area (Å²) in [5.74, 6) is 0.426. The van der Waals surface area contributed by atoms with Gasteiger partial charge < -0.3 is 15.7 Å². The van der Waals surface area contributed by atoms with Gasteiger partial charge in [-0.05, 0) is 37.7 Å². The van der Waals surface area contributed by atoms with Crippen molar-refractivity contribution < 1.29 is 14.7 Å². The second kappa shape index (κ2) is 13.5. The van der Waals surface area contributed by atoms with E-state index in [9.17, 15) is 9.59 Å². The molecule has 3 N–H and O–H groups in total. The van der Waals surface area contributed by atoms with Gasteiger partial charge in [0.25, 0.3) is 0 Å². The Hall–Kier alpha value is -0.910. The molecule has 112 valence electrons. The van der Waals surface area contributed by atoms with Crippen LogP contribution in [0.15, 0.2) is 0 Å². The summed E-state index contributed by atoms with van der Waals surface area (Å²) in [7, 11) is 0. The predicted octanol–water partition coefficient (Wildman–Crippen LogP) is 2.46. The van der Waals surface area contributed by atoms with Crippen molar-refractivity contribution in [2.75, 3.05) is 25.1 Å². The zero-order valence-corrected chi connectivity index (χ0v) is 12.6. The lowest BCUT2D eigenvalue weighted by Gasteiger charge is -2.07. The molecule has 0 aromatic carbocycles. The van der Waals surface area contributed by atoms with Crippen LogP contribution >= 0.6 is 11.8 Å². The molecule has 0 aliphatic rings. The highest BCUT2D eigenvalue weighted by Gasteiger charge is 1.99. The highest BCUT2D eigenvalue weighted by molar-refractivity contribution is 7.98. The molecule has 0 bridgehead atoms. The van der Waals surface area contributed by atoms with Gasteiger partial charge in [0.2, 0.25) is 0 Å². The van der Waals surface area contributed by atoms with E-state index in [2.05, 4.69) is 16.9 Å². The van der Waals surface area contributed by atoms with Crippen molar-refractivity contribution in [2.45, 2.75) is 44.9 Å². The van der Waals surface area contributed by atoms with Crippen molar-refractivity contribution in [1.82, 2.24) is 10.6 Å². The van der Waals surface area contributed by atoms with Crippen molar-refractivity contribution in [1.29, 1.82) is 0 Å². The fraction of sp³-hybridized carbons (Fsp3) is 0.846. The summed E-state index contributed by atoms with van der Waals surface area (Å²) in [6.07, 6.45) is 8.02. The van der Waals surface area contributed by atoms with Crippen LogP contribution in [0.4, 0.5) is 4.79 Å². The Bertz CT molecular complexity index is 250. The smallest absolute Gasteiger partial charge is 0.314 e. The number of aliphatic carboxylic acids is 1. The number of carboxylic acid groups (broad SMARTS) is 1. The SMILES string of the molecule is CSCCCCCNC(=O)NCCCCCC(=O)O. The predicted molar refractivity (Wildman–Crippen MR) is 79.7 cm³/mol. The van der Waals surface area contributed by atoms with Crippen LogP contribution in [0.5, 0.6) is 0 Å². The molecular weight excluding hydrogens is 264 g/mol. The lowest BCUT2D eigenvalue weighted by molar-refractivity contribution is -0.137. The van der Waals surface area contributed by atoms with E-state index in [-0.39, 0.29) is 12.5 Å². The maximum atomic E-state index is 11.4. The Morgan fingerprint density at radius 3 is 2.05 bits per heavy atom. The van der Waals surface area contributed by atoms with Gasteiger partial charge in [-0.25, -0.2) is 4.79 Å². The number of carbonyl (C=O) groups is 2. The summed E-state index contributed by atoms with van der Waals surface area (Å²) >= 11 is 1.85. The second-order valence-corrected chi connectivity index (χ2v) is 5.43. The molecule has 0 atom stereocenters. The molecule has 0 radical (unpaired) electrons. The van der Waals surface area contributed by atoms with Crippen molar-refractivity contribution in [3.8, 4) is 0 Å². The van der Waals surface area contributed by atoms with Gasteiger partial charge in [0.15, 0.2) is 0 Å². The Kier molecular flexibility index (Phi) is 12.9. The molecular formula is C13H26N2O3S. The van der Waals surface area contributed by atoms with Crippen LogP contribution in [0, 0.1) is 0 Å². The highest BCUT2D eigenvalue weighted by atomic mass is 32.2. The number of nitrogens with one attached hydrogen (secondary N) is 2. The lowest BCUT2D eigenvalue weighted by Crippen LogP contribution is -2.36. The van der Waals surface area contributed by atoms with Crippen molar-refractivity contribution in [3.05, 3.63) is 0 Å². The minimum Gasteiger partial charge on any atom is -0.481 e. The Morgan fingerprint density at radius 1 is 0.947 bits per heavy atom. The monoisotopic (exact) mass is 290 g/mol. The van der Waals surface area contributed by atoms with Gasteiger partial charge in [-0.2, -0.15) is 11.8 Å². The molecule has 2 amide bonds. The van der Waals surface area contributed by atoms with E-state index in [0.29, 0.717) is 13.0 Å². The van der Waals surface area contributed by atoms with E-state index in [1.807, 2.05) is 11.8 Å². The number of hydrogen-bond acceptors (Lipinski definition) is 3. The number of rotatable bonds is 12. The van der Waals surface area contributed by atoms with Gasteiger partial charge >= 0.3 is 12.0 Å². The van der Waals surface area contributed by atoms with Crippen molar-refractivity contribution >= 4 is 23.8 Å². The fourth-order valence-electron chi connectivity index (χ4n) is 1.59. The lowest BCUT2D eigenvalue weighted by atomic mass is 10.2. The van der Waals surface area contributed by atoms with E-state index < -0.39 is 5.97 Å². The average Bonchev–Trinajstić information content (AvgIpc) is 2.37. The third-order valence-electron chi connectivity index (χ3n) is 2.66. The van der Waals surface area contributed by atoms with Gasteiger partial charge in [-0.15, -0.1) is 0 Å². The van der Waals surface area contributed by atoms with Crippen LogP contribution in [0.2, 0.25) is 0 Å². The summed E-state index contributed by atoms with van der Waals surface area (Å²) in [6.45, 7) is 1.33. The molecule has 0 saturated heterocycles. The summed E-state index contributed by atoms with van der Waals surface area (Å²) in [4.78, 5) is 21.6. The first-order valence-corrected chi connectivity index (χ1v) is 8.28. The van der Waals surface area contributed by atoms with E-state index in [1.165, 1.54) is 12.2 Å². The third-order valence-corrected chi connectivity index (χ3v) is 3.36. The standard InChI is InChI=1S/C13H26N2O3S/c1-19-11-7-3-6-10-15-13(18)14-9-5-2-4-8-12(16)17/h2-11H2,1H3,(H,16,17)(H2,14,15,18). The molecule has 5 nitrogen and oxygen atoms in total. The van der Waals surface area contributed by atoms with Gasteiger partial charge in [-0.1, -0.05) is 12.8 Å². The van der Waals surface area contributed by atoms with Crippen molar-refractivity contribution in [2.24, 2.45) is 0 Å². The number of carbonyl (C=O) groups excluding carboxylic acids is 1.